The molecule has 1 saturated heterocycles. The third kappa shape index (κ3) is 4.71. The second kappa shape index (κ2) is 8.84. The largest absolute Gasteiger partial charge is 0.464 e. The number of halogens is 1. The van der Waals surface area contributed by atoms with Crippen LogP contribution in [-0.4, -0.2) is 41.5 Å². The lowest BCUT2D eigenvalue weighted by Gasteiger charge is -2.33. The highest BCUT2D eigenvalue weighted by molar-refractivity contribution is 6.30. The van der Waals surface area contributed by atoms with E-state index in [1.165, 1.54) is 19.3 Å². The van der Waals surface area contributed by atoms with E-state index in [2.05, 4.69) is 27.4 Å². The number of benzene rings is 1. The van der Waals surface area contributed by atoms with Crippen LogP contribution < -0.4 is 10.6 Å². The van der Waals surface area contributed by atoms with Gasteiger partial charge in [0.2, 0.25) is 0 Å². The van der Waals surface area contributed by atoms with Crippen molar-refractivity contribution < 1.29 is 9.21 Å². The fourth-order valence-corrected chi connectivity index (χ4v) is 3.87. The highest BCUT2D eigenvalue weighted by Crippen LogP contribution is 2.27. The van der Waals surface area contributed by atoms with E-state index in [1.807, 2.05) is 18.2 Å². The summed E-state index contributed by atoms with van der Waals surface area (Å²) in [6.45, 7) is 4.80. The molecule has 0 spiro atoms. The van der Waals surface area contributed by atoms with Crippen molar-refractivity contribution in [3.8, 4) is 0 Å². The third-order valence-electron chi connectivity index (χ3n) is 5.42. The SMILES string of the molecule is C[C@@H]1CCCCN1CCNC(=O)c1cc2occc2c(Nc2ccc(Cl)cc2)n1. The normalized spacial score (nSPS) is 17.4. The number of anilines is 2. The Morgan fingerprint density at radius 2 is 2.10 bits per heavy atom. The minimum atomic E-state index is -0.202. The van der Waals surface area contributed by atoms with Crippen LogP contribution in [0.15, 0.2) is 47.1 Å². The Kier molecular flexibility index (Phi) is 6.02. The predicted octanol–water partition coefficient (Wildman–Crippen LogP) is 4.83. The summed E-state index contributed by atoms with van der Waals surface area (Å²) in [5.41, 5.74) is 1.78. The van der Waals surface area contributed by atoms with Crippen molar-refractivity contribution in [2.45, 2.75) is 32.2 Å². The van der Waals surface area contributed by atoms with Gasteiger partial charge < -0.3 is 15.1 Å². The van der Waals surface area contributed by atoms with Crippen LogP contribution in [0.2, 0.25) is 5.02 Å². The van der Waals surface area contributed by atoms with Gasteiger partial charge in [0.1, 0.15) is 17.1 Å². The van der Waals surface area contributed by atoms with Gasteiger partial charge in [-0.1, -0.05) is 18.0 Å². The average molecular weight is 413 g/mol. The predicted molar refractivity (Wildman–Crippen MR) is 116 cm³/mol. The molecule has 1 amide bonds. The summed E-state index contributed by atoms with van der Waals surface area (Å²) in [6.07, 6.45) is 5.35. The number of furan rings is 1. The smallest absolute Gasteiger partial charge is 0.270 e. The second-order valence-electron chi connectivity index (χ2n) is 7.46. The fourth-order valence-electron chi connectivity index (χ4n) is 3.74. The number of nitrogens with zero attached hydrogens (tertiary/aromatic N) is 2. The molecule has 7 heteroatoms. The number of pyridine rings is 1. The van der Waals surface area contributed by atoms with E-state index >= 15 is 0 Å². The van der Waals surface area contributed by atoms with Crippen molar-refractivity contribution in [2.75, 3.05) is 25.0 Å². The Morgan fingerprint density at radius 1 is 1.28 bits per heavy atom. The quantitative estimate of drug-likeness (QED) is 0.606. The maximum absolute atomic E-state index is 12.7. The molecule has 1 aromatic carbocycles. The molecular formula is C22H25ClN4O2. The Bertz CT molecular complexity index is 986. The molecule has 1 fully saturated rings. The van der Waals surface area contributed by atoms with Crippen molar-refractivity contribution in [1.29, 1.82) is 0 Å². The molecule has 4 rings (SSSR count). The van der Waals surface area contributed by atoms with Gasteiger partial charge in [0.15, 0.2) is 0 Å². The maximum atomic E-state index is 12.7. The van der Waals surface area contributed by atoms with E-state index in [0.717, 1.165) is 24.2 Å². The third-order valence-corrected chi connectivity index (χ3v) is 5.67. The number of piperidine rings is 1. The van der Waals surface area contributed by atoms with E-state index in [9.17, 15) is 4.79 Å². The van der Waals surface area contributed by atoms with Crippen molar-refractivity contribution in [2.24, 2.45) is 0 Å². The van der Waals surface area contributed by atoms with Gasteiger partial charge in [0.25, 0.3) is 5.91 Å². The molecule has 0 unspecified atom stereocenters. The maximum Gasteiger partial charge on any atom is 0.270 e. The van der Waals surface area contributed by atoms with Crippen molar-refractivity contribution in [3.63, 3.8) is 0 Å². The van der Waals surface area contributed by atoms with E-state index in [1.54, 1.807) is 24.5 Å². The molecule has 0 aliphatic carbocycles. The van der Waals surface area contributed by atoms with Crippen LogP contribution >= 0.6 is 11.6 Å². The first kappa shape index (κ1) is 19.7. The zero-order valence-electron chi connectivity index (χ0n) is 16.5. The summed E-state index contributed by atoms with van der Waals surface area (Å²) >= 11 is 5.96. The lowest BCUT2D eigenvalue weighted by molar-refractivity contribution is 0.0933. The molecule has 152 valence electrons. The van der Waals surface area contributed by atoms with Gasteiger partial charge in [-0.15, -0.1) is 0 Å². The summed E-state index contributed by atoms with van der Waals surface area (Å²) in [4.78, 5) is 19.7. The molecule has 1 aliphatic heterocycles. The van der Waals surface area contributed by atoms with Gasteiger partial charge >= 0.3 is 0 Å². The topological polar surface area (TPSA) is 70.4 Å². The van der Waals surface area contributed by atoms with Gasteiger partial charge in [-0.25, -0.2) is 4.98 Å². The summed E-state index contributed by atoms with van der Waals surface area (Å²) in [6, 6.07) is 11.4. The van der Waals surface area contributed by atoms with Crippen molar-refractivity contribution in [3.05, 3.63) is 53.4 Å². The molecule has 29 heavy (non-hydrogen) atoms. The van der Waals surface area contributed by atoms with E-state index in [-0.39, 0.29) is 5.91 Å². The summed E-state index contributed by atoms with van der Waals surface area (Å²) in [7, 11) is 0. The first-order valence-electron chi connectivity index (χ1n) is 10.0. The van der Waals surface area contributed by atoms with Crippen molar-refractivity contribution >= 4 is 40.0 Å². The molecular weight excluding hydrogens is 388 g/mol. The molecule has 2 N–H and O–H groups in total. The van der Waals surface area contributed by atoms with Gasteiger partial charge in [-0.2, -0.15) is 0 Å². The molecule has 2 aromatic heterocycles. The highest BCUT2D eigenvalue weighted by atomic mass is 35.5. The minimum Gasteiger partial charge on any atom is -0.464 e. The van der Waals surface area contributed by atoms with E-state index < -0.39 is 0 Å². The number of carbonyl (C=O) groups is 1. The molecule has 0 saturated carbocycles. The zero-order valence-corrected chi connectivity index (χ0v) is 17.2. The number of aromatic nitrogens is 1. The minimum absolute atomic E-state index is 0.202. The number of rotatable bonds is 6. The van der Waals surface area contributed by atoms with Crippen LogP contribution in [0, 0.1) is 0 Å². The zero-order chi connectivity index (χ0) is 20.2. The monoisotopic (exact) mass is 412 g/mol. The first-order valence-corrected chi connectivity index (χ1v) is 10.4. The number of hydrogen-bond donors (Lipinski definition) is 2. The van der Waals surface area contributed by atoms with E-state index in [4.69, 9.17) is 16.0 Å². The number of likely N-dealkylation sites (tertiary alicyclic amines) is 1. The van der Waals surface area contributed by atoms with Gasteiger partial charge in [0, 0.05) is 35.9 Å². The number of hydrogen-bond acceptors (Lipinski definition) is 5. The van der Waals surface area contributed by atoms with E-state index in [0.29, 0.717) is 34.7 Å². The Labute approximate surface area is 175 Å². The fraction of sp³-hybridized carbons (Fsp3) is 0.364. The lowest BCUT2D eigenvalue weighted by atomic mass is 10.0. The lowest BCUT2D eigenvalue weighted by Crippen LogP contribution is -2.42. The average Bonchev–Trinajstić information content (AvgIpc) is 3.20. The molecule has 6 nitrogen and oxygen atoms in total. The van der Waals surface area contributed by atoms with Gasteiger partial charge in [-0.05, 0) is 56.6 Å². The molecule has 1 atom stereocenters. The summed E-state index contributed by atoms with van der Waals surface area (Å²) < 4.78 is 5.53. The van der Waals surface area contributed by atoms with Crippen LogP contribution in [0.4, 0.5) is 11.5 Å². The second-order valence-corrected chi connectivity index (χ2v) is 7.89. The number of nitrogens with one attached hydrogen (secondary N) is 2. The molecule has 3 heterocycles. The van der Waals surface area contributed by atoms with Crippen LogP contribution in [-0.2, 0) is 0 Å². The molecule has 0 bridgehead atoms. The molecule has 0 radical (unpaired) electrons. The Balaban J connectivity index is 1.46. The summed E-state index contributed by atoms with van der Waals surface area (Å²) in [5.74, 6) is 0.375. The summed E-state index contributed by atoms with van der Waals surface area (Å²) in [5, 5.41) is 7.72. The van der Waals surface area contributed by atoms with Crippen molar-refractivity contribution in [1.82, 2.24) is 15.2 Å². The number of carbonyl (C=O) groups excluding carboxylic acids is 1. The Hall–Kier alpha value is -2.57. The molecule has 1 aliphatic rings. The van der Waals surface area contributed by atoms with Crippen LogP contribution in [0.25, 0.3) is 11.0 Å². The van der Waals surface area contributed by atoms with Crippen LogP contribution in [0.5, 0.6) is 0 Å². The molecule has 3 aromatic rings. The van der Waals surface area contributed by atoms with Crippen LogP contribution in [0.3, 0.4) is 0 Å². The number of amides is 1. The van der Waals surface area contributed by atoms with Crippen LogP contribution in [0.1, 0.15) is 36.7 Å². The number of fused-ring (bicyclic) bond motifs is 1. The first-order chi connectivity index (χ1) is 14.1. The van der Waals surface area contributed by atoms with Gasteiger partial charge in [-0.3, -0.25) is 9.69 Å². The Morgan fingerprint density at radius 3 is 2.90 bits per heavy atom. The highest BCUT2D eigenvalue weighted by Gasteiger charge is 2.18. The standard InChI is InChI=1S/C22H25ClN4O2/c1-15-4-2-3-11-27(15)12-10-24-22(28)19-14-20-18(9-13-29-20)21(26-19)25-17-7-5-16(23)6-8-17/h5-9,13-15H,2-4,10-12H2,1H3,(H,24,28)(H,25,26)/t15-/m1/s1. The van der Waals surface area contributed by atoms with Gasteiger partial charge in [0.05, 0.1) is 11.6 Å².